The molecule has 1 rings (SSSR count). The molecule has 0 radical (unpaired) electrons. The minimum atomic E-state index is -3.55. The zero-order chi connectivity index (χ0) is 15.3. The van der Waals surface area contributed by atoms with Gasteiger partial charge in [-0.25, -0.2) is 12.7 Å². The van der Waals surface area contributed by atoms with Crippen molar-refractivity contribution in [2.75, 3.05) is 20.7 Å². The molecule has 0 saturated carbocycles. The number of carbonyl (C=O) groups is 1. The van der Waals surface area contributed by atoms with E-state index in [0.29, 0.717) is 16.5 Å². The van der Waals surface area contributed by atoms with Gasteiger partial charge in [-0.1, -0.05) is 22.0 Å². The number of esters is 1. The van der Waals surface area contributed by atoms with Gasteiger partial charge in [0.25, 0.3) is 0 Å². The summed E-state index contributed by atoms with van der Waals surface area (Å²) in [5, 5.41) is 0. The molecule has 0 aliphatic rings. The zero-order valence-corrected chi connectivity index (χ0v) is 14.1. The first kappa shape index (κ1) is 17.1. The summed E-state index contributed by atoms with van der Waals surface area (Å²) in [7, 11) is -0.726. The zero-order valence-electron chi connectivity index (χ0n) is 11.7. The van der Waals surface area contributed by atoms with Crippen molar-refractivity contribution < 1.29 is 17.9 Å². The molecule has 1 aromatic rings. The van der Waals surface area contributed by atoms with Gasteiger partial charge in [0.1, 0.15) is 0 Å². The summed E-state index contributed by atoms with van der Waals surface area (Å²) in [5.41, 5.74) is 0.688. The topological polar surface area (TPSA) is 63.7 Å². The Labute approximate surface area is 128 Å². The maximum absolute atomic E-state index is 12.4. The van der Waals surface area contributed by atoms with Crippen molar-refractivity contribution in [3.05, 3.63) is 28.2 Å². The number of carbonyl (C=O) groups excluding carboxylic acids is 1. The molecular weight excluding hydrogens is 346 g/mol. The van der Waals surface area contributed by atoms with E-state index >= 15 is 0 Å². The summed E-state index contributed by atoms with van der Waals surface area (Å²) in [6, 6.07) is 5.13. The number of hydrogen-bond donors (Lipinski definition) is 0. The number of methoxy groups -OCH3 is 1. The van der Waals surface area contributed by atoms with E-state index in [0.717, 1.165) is 0 Å². The molecule has 0 aliphatic carbocycles. The second kappa shape index (κ2) is 7.19. The number of sulfonamides is 1. The summed E-state index contributed by atoms with van der Waals surface area (Å²) < 4.78 is 31.4. The fourth-order valence-electron chi connectivity index (χ4n) is 1.69. The van der Waals surface area contributed by atoms with Gasteiger partial charge in [0, 0.05) is 24.5 Å². The van der Waals surface area contributed by atoms with Gasteiger partial charge in [0.05, 0.1) is 12.0 Å². The van der Waals surface area contributed by atoms with Crippen molar-refractivity contribution >= 4 is 31.9 Å². The van der Waals surface area contributed by atoms with E-state index < -0.39 is 10.0 Å². The minimum absolute atomic E-state index is 0.202. The highest BCUT2D eigenvalue weighted by atomic mass is 79.9. The Morgan fingerprint density at radius 1 is 1.40 bits per heavy atom. The van der Waals surface area contributed by atoms with Crippen LogP contribution in [0.25, 0.3) is 0 Å². The van der Waals surface area contributed by atoms with Crippen LogP contribution >= 0.6 is 15.9 Å². The molecule has 0 bridgehead atoms. The van der Waals surface area contributed by atoms with Crippen molar-refractivity contribution in [2.45, 2.75) is 24.7 Å². The highest BCUT2D eigenvalue weighted by molar-refractivity contribution is 9.10. The Kier molecular flexibility index (Phi) is 6.16. The molecule has 0 spiro atoms. The predicted molar refractivity (Wildman–Crippen MR) is 79.9 cm³/mol. The summed E-state index contributed by atoms with van der Waals surface area (Å²) in [4.78, 5) is 11.3. The van der Waals surface area contributed by atoms with E-state index in [9.17, 15) is 13.2 Å². The lowest BCUT2D eigenvalue weighted by Gasteiger charge is -2.18. The SMILES string of the molecule is COC(=O)CCCN(C)S(=O)(=O)c1cc(Br)ccc1C. The first-order valence-corrected chi connectivity index (χ1v) is 8.31. The largest absolute Gasteiger partial charge is 0.469 e. The van der Waals surface area contributed by atoms with Crippen LogP contribution < -0.4 is 0 Å². The van der Waals surface area contributed by atoms with Crippen LogP contribution in [-0.4, -0.2) is 39.4 Å². The van der Waals surface area contributed by atoms with E-state index in [1.54, 1.807) is 25.1 Å². The van der Waals surface area contributed by atoms with Gasteiger partial charge in [-0.15, -0.1) is 0 Å². The lowest BCUT2D eigenvalue weighted by atomic mass is 10.2. The van der Waals surface area contributed by atoms with Gasteiger partial charge >= 0.3 is 5.97 Å². The van der Waals surface area contributed by atoms with E-state index in [1.165, 1.54) is 18.5 Å². The third kappa shape index (κ3) is 4.29. The normalized spacial score (nSPS) is 11.7. The molecule has 0 amide bonds. The van der Waals surface area contributed by atoms with Crippen LogP contribution in [0.5, 0.6) is 0 Å². The number of hydrogen-bond acceptors (Lipinski definition) is 4. The van der Waals surface area contributed by atoms with Gasteiger partial charge in [-0.3, -0.25) is 4.79 Å². The molecule has 0 atom stereocenters. The molecule has 5 nitrogen and oxygen atoms in total. The maximum Gasteiger partial charge on any atom is 0.305 e. The number of benzene rings is 1. The Hall–Kier alpha value is -0.920. The standard InChI is InChI=1S/C13H18BrNO4S/c1-10-6-7-11(14)9-12(10)20(17,18)15(2)8-4-5-13(16)19-3/h6-7,9H,4-5,8H2,1-3H3. The molecule has 0 unspecified atom stereocenters. The fraction of sp³-hybridized carbons (Fsp3) is 0.462. The number of ether oxygens (including phenoxy) is 1. The van der Waals surface area contributed by atoms with Crippen LogP contribution in [0.4, 0.5) is 0 Å². The van der Waals surface area contributed by atoms with Crippen molar-refractivity contribution in [3.63, 3.8) is 0 Å². The monoisotopic (exact) mass is 363 g/mol. The third-order valence-corrected chi connectivity index (χ3v) is 5.41. The van der Waals surface area contributed by atoms with Gasteiger partial charge in [-0.2, -0.15) is 0 Å². The second-order valence-corrected chi connectivity index (χ2v) is 7.35. The average Bonchev–Trinajstić information content (AvgIpc) is 2.40. The van der Waals surface area contributed by atoms with Crippen molar-refractivity contribution in [2.24, 2.45) is 0 Å². The first-order valence-electron chi connectivity index (χ1n) is 6.08. The fourth-order valence-corrected chi connectivity index (χ4v) is 3.66. The lowest BCUT2D eigenvalue weighted by molar-refractivity contribution is -0.140. The van der Waals surface area contributed by atoms with E-state index in [4.69, 9.17) is 0 Å². The highest BCUT2D eigenvalue weighted by Crippen LogP contribution is 2.23. The van der Waals surface area contributed by atoms with Gasteiger partial charge in [0.15, 0.2) is 0 Å². The molecule has 0 saturated heterocycles. The molecule has 1 aromatic carbocycles. The van der Waals surface area contributed by atoms with Crippen molar-refractivity contribution in [3.8, 4) is 0 Å². The Morgan fingerprint density at radius 3 is 2.65 bits per heavy atom. The van der Waals surface area contributed by atoms with Crippen molar-refractivity contribution in [1.29, 1.82) is 0 Å². The smallest absolute Gasteiger partial charge is 0.305 e. The number of rotatable bonds is 6. The average molecular weight is 364 g/mol. The first-order chi connectivity index (χ1) is 9.28. The quantitative estimate of drug-likeness (QED) is 0.727. The Bertz CT molecular complexity index is 586. The summed E-state index contributed by atoms with van der Waals surface area (Å²) in [6.07, 6.45) is 0.628. The second-order valence-electron chi connectivity index (χ2n) is 4.42. The summed E-state index contributed by atoms with van der Waals surface area (Å²) in [6.45, 7) is 2.02. The van der Waals surface area contributed by atoms with Crippen LogP contribution in [0.3, 0.4) is 0 Å². The number of nitrogens with zero attached hydrogens (tertiary/aromatic N) is 1. The van der Waals surface area contributed by atoms with Crippen LogP contribution in [0.15, 0.2) is 27.6 Å². The van der Waals surface area contributed by atoms with Gasteiger partial charge < -0.3 is 4.74 Å². The summed E-state index contributed by atoms with van der Waals surface area (Å²) >= 11 is 3.27. The molecule has 112 valence electrons. The molecular formula is C13H18BrNO4S. The molecule has 20 heavy (non-hydrogen) atoms. The highest BCUT2D eigenvalue weighted by Gasteiger charge is 2.22. The Balaban J connectivity index is 2.82. The van der Waals surface area contributed by atoms with E-state index in [2.05, 4.69) is 20.7 Å². The van der Waals surface area contributed by atoms with Crippen LogP contribution in [0, 0.1) is 6.92 Å². The van der Waals surface area contributed by atoms with Gasteiger partial charge in [-0.05, 0) is 31.0 Å². The molecule has 0 aromatic heterocycles. The van der Waals surface area contributed by atoms with Gasteiger partial charge in [0.2, 0.25) is 10.0 Å². The number of halogens is 1. The molecule has 0 heterocycles. The Morgan fingerprint density at radius 2 is 2.05 bits per heavy atom. The predicted octanol–water partition coefficient (Wildman–Crippen LogP) is 2.33. The molecule has 7 heteroatoms. The minimum Gasteiger partial charge on any atom is -0.469 e. The van der Waals surface area contributed by atoms with Crippen LogP contribution in [-0.2, 0) is 19.6 Å². The molecule has 0 aliphatic heterocycles. The van der Waals surface area contributed by atoms with E-state index in [1.807, 2.05) is 0 Å². The van der Waals surface area contributed by atoms with Crippen LogP contribution in [0.2, 0.25) is 0 Å². The number of aryl methyl sites for hydroxylation is 1. The van der Waals surface area contributed by atoms with E-state index in [-0.39, 0.29) is 23.8 Å². The maximum atomic E-state index is 12.4. The van der Waals surface area contributed by atoms with Crippen LogP contribution in [0.1, 0.15) is 18.4 Å². The summed E-state index contributed by atoms with van der Waals surface area (Å²) in [5.74, 6) is -0.338. The molecule has 0 N–H and O–H groups in total. The molecule has 0 fully saturated rings. The van der Waals surface area contributed by atoms with Crippen molar-refractivity contribution in [1.82, 2.24) is 4.31 Å². The third-order valence-electron chi connectivity index (χ3n) is 2.92. The lowest BCUT2D eigenvalue weighted by Crippen LogP contribution is -2.29.